The Kier molecular flexibility index (Phi) is 5.70. The zero-order valence-corrected chi connectivity index (χ0v) is 18.8. The summed E-state index contributed by atoms with van der Waals surface area (Å²) in [7, 11) is 0. The Bertz CT molecular complexity index is 1260. The van der Waals surface area contributed by atoms with Crippen LogP contribution in [0.2, 0.25) is 5.02 Å². The molecule has 1 fully saturated rings. The quantitative estimate of drug-likeness (QED) is 0.431. The largest absolute Gasteiger partial charge is 0.445 e. The van der Waals surface area contributed by atoms with Gasteiger partial charge in [0.2, 0.25) is 5.91 Å². The SMILES string of the molecule is Cc1nc2ccccc2n1CC(=O)N1CCC[C@@H](c2ncc(Cc3cccc(Cl)c3)o2)C1. The molecule has 32 heavy (non-hydrogen) atoms. The van der Waals surface area contributed by atoms with Crippen LogP contribution in [0.4, 0.5) is 0 Å². The molecule has 2 aromatic heterocycles. The number of fused-ring (bicyclic) bond motifs is 1. The second-order valence-corrected chi connectivity index (χ2v) is 8.82. The lowest BCUT2D eigenvalue weighted by Crippen LogP contribution is -2.41. The molecule has 0 bridgehead atoms. The average molecular weight is 449 g/mol. The molecule has 6 nitrogen and oxygen atoms in total. The minimum Gasteiger partial charge on any atom is -0.445 e. The summed E-state index contributed by atoms with van der Waals surface area (Å²) in [4.78, 5) is 24.2. The van der Waals surface area contributed by atoms with E-state index in [-0.39, 0.29) is 11.8 Å². The van der Waals surface area contributed by atoms with E-state index in [0.29, 0.717) is 30.4 Å². The summed E-state index contributed by atoms with van der Waals surface area (Å²) in [5.41, 5.74) is 3.00. The first-order valence-electron chi connectivity index (χ1n) is 11.0. The minimum absolute atomic E-state index is 0.103. The predicted octanol–water partition coefficient (Wildman–Crippen LogP) is 4.98. The highest BCUT2D eigenvalue weighted by Gasteiger charge is 2.28. The number of carbonyl (C=O) groups excluding carboxylic acids is 1. The zero-order chi connectivity index (χ0) is 22.1. The van der Waals surface area contributed by atoms with Crippen LogP contribution >= 0.6 is 11.6 Å². The number of carbonyl (C=O) groups is 1. The number of hydrogen-bond acceptors (Lipinski definition) is 4. The number of halogens is 1. The Morgan fingerprint density at radius 2 is 2.09 bits per heavy atom. The van der Waals surface area contributed by atoms with Crippen molar-refractivity contribution in [3.8, 4) is 0 Å². The number of benzene rings is 2. The summed E-state index contributed by atoms with van der Waals surface area (Å²) in [5, 5.41) is 0.713. The molecule has 0 aliphatic carbocycles. The maximum atomic E-state index is 13.1. The van der Waals surface area contributed by atoms with Crippen molar-refractivity contribution in [2.24, 2.45) is 0 Å². The third-order valence-corrected chi connectivity index (χ3v) is 6.34. The number of para-hydroxylation sites is 2. The summed E-state index contributed by atoms with van der Waals surface area (Å²) in [6.07, 6.45) is 4.34. The van der Waals surface area contributed by atoms with E-state index in [4.69, 9.17) is 16.0 Å². The maximum absolute atomic E-state index is 13.1. The molecule has 1 saturated heterocycles. The van der Waals surface area contributed by atoms with Gasteiger partial charge in [-0.1, -0.05) is 35.9 Å². The second-order valence-electron chi connectivity index (χ2n) is 8.38. The molecule has 4 aromatic rings. The van der Waals surface area contributed by atoms with E-state index in [1.54, 1.807) is 6.20 Å². The number of amides is 1. The molecule has 5 rings (SSSR count). The van der Waals surface area contributed by atoms with E-state index >= 15 is 0 Å². The van der Waals surface area contributed by atoms with Gasteiger partial charge >= 0.3 is 0 Å². The smallest absolute Gasteiger partial charge is 0.242 e. The van der Waals surface area contributed by atoms with Crippen LogP contribution in [0.5, 0.6) is 0 Å². The van der Waals surface area contributed by atoms with E-state index in [9.17, 15) is 4.79 Å². The van der Waals surface area contributed by atoms with Crippen LogP contribution in [-0.2, 0) is 17.8 Å². The van der Waals surface area contributed by atoms with Gasteiger partial charge in [-0.25, -0.2) is 9.97 Å². The molecule has 1 amide bonds. The zero-order valence-electron chi connectivity index (χ0n) is 18.0. The topological polar surface area (TPSA) is 64.2 Å². The number of hydrogen-bond donors (Lipinski definition) is 0. The molecule has 2 aromatic carbocycles. The number of imidazole rings is 1. The van der Waals surface area contributed by atoms with Crippen LogP contribution in [0.15, 0.2) is 59.1 Å². The normalized spacial score (nSPS) is 16.6. The summed E-state index contributed by atoms with van der Waals surface area (Å²) in [6, 6.07) is 15.7. The number of oxazole rings is 1. The van der Waals surface area contributed by atoms with Crippen molar-refractivity contribution in [3.05, 3.63) is 82.8 Å². The number of nitrogens with zero attached hydrogens (tertiary/aromatic N) is 4. The van der Waals surface area contributed by atoms with Crippen LogP contribution in [0, 0.1) is 6.92 Å². The monoisotopic (exact) mass is 448 g/mol. The van der Waals surface area contributed by atoms with Crippen LogP contribution in [0.1, 0.15) is 41.8 Å². The molecule has 1 atom stereocenters. The van der Waals surface area contributed by atoms with Crippen LogP contribution in [-0.4, -0.2) is 38.4 Å². The van der Waals surface area contributed by atoms with Crippen LogP contribution in [0.3, 0.4) is 0 Å². The van der Waals surface area contributed by atoms with Crippen molar-refractivity contribution < 1.29 is 9.21 Å². The highest BCUT2D eigenvalue weighted by Crippen LogP contribution is 2.28. The van der Waals surface area contributed by atoms with Crippen molar-refractivity contribution in [3.63, 3.8) is 0 Å². The summed E-state index contributed by atoms with van der Waals surface area (Å²) in [6.45, 7) is 3.63. The van der Waals surface area contributed by atoms with Crippen molar-refractivity contribution in [2.45, 2.75) is 38.6 Å². The first-order valence-corrected chi connectivity index (χ1v) is 11.3. The first kappa shape index (κ1) is 20.8. The van der Waals surface area contributed by atoms with Crippen molar-refractivity contribution >= 4 is 28.5 Å². The molecule has 0 spiro atoms. The Morgan fingerprint density at radius 1 is 1.22 bits per heavy atom. The van der Waals surface area contributed by atoms with E-state index in [1.807, 2.05) is 64.9 Å². The van der Waals surface area contributed by atoms with Gasteiger partial charge in [-0.15, -0.1) is 0 Å². The standard InChI is InChI=1S/C25H25ClN4O2/c1-17-28-22-9-2-3-10-23(22)30(17)16-24(31)29-11-5-7-19(15-29)25-27-14-21(32-25)13-18-6-4-8-20(26)12-18/h2-4,6,8-10,12,14,19H,5,7,11,13,15-16H2,1H3/t19-/m1/s1. The Labute approximate surface area is 191 Å². The predicted molar refractivity (Wildman–Crippen MR) is 124 cm³/mol. The van der Waals surface area contributed by atoms with Crippen LogP contribution < -0.4 is 0 Å². The molecule has 164 valence electrons. The van der Waals surface area contributed by atoms with E-state index in [0.717, 1.165) is 47.6 Å². The molecular formula is C25H25ClN4O2. The molecule has 7 heteroatoms. The Morgan fingerprint density at radius 3 is 2.97 bits per heavy atom. The number of rotatable bonds is 5. The average Bonchev–Trinajstić information content (AvgIpc) is 3.38. The van der Waals surface area contributed by atoms with E-state index in [2.05, 4.69) is 9.97 Å². The fraction of sp³-hybridized carbons (Fsp3) is 0.320. The first-order chi connectivity index (χ1) is 15.6. The summed E-state index contributed by atoms with van der Waals surface area (Å²) < 4.78 is 8.07. The van der Waals surface area contributed by atoms with Gasteiger partial charge in [0.15, 0.2) is 5.89 Å². The van der Waals surface area contributed by atoms with Crippen molar-refractivity contribution in [1.82, 2.24) is 19.4 Å². The second kappa shape index (κ2) is 8.79. The van der Waals surface area contributed by atoms with Gasteiger partial charge in [-0.05, 0) is 49.6 Å². The van der Waals surface area contributed by atoms with Gasteiger partial charge in [-0.2, -0.15) is 0 Å². The molecule has 1 aliphatic heterocycles. The molecule has 0 radical (unpaired) electrons. The van der Waals surface area contributed by atoms with E-state index < -0.39 is 0 Å². The lowest BCUT2D eigenvalue weighted by atomic mass is 9.98. The van der Waals surface area contributed by atoms with Gasteiger partial charge in [0.25, 0.3) is 0 Å². The fourth-order valence-corrected chi connectivity index (χ4v) is 4.69. The molecule has 3 heterocycles. The number of piperidine rings is 1. The fourth-order valence-electron chi connectivity index (χ4n) is 4.48. The molecule has 0 N–H and O–H groups in total. The van der Waals surface area contributed by atoms with Crippen molar-refractivity contribution in [1.29, 1.82) is 0 Å². The lowest BCUT2D eigenvalue weighted by molar-refractivity contribution is -0.133. The highest BCUT2D eigenvalue weighted by molar-refractivity contribution is 6.30. The van der Waals surface area contributed by atoms with Gasteiger partial charge in [-0.3, -0.25) is 4.79 Å². The summed E-state index contributed by atoms with van der Waals surface area (Å²) >= 11 is 6.09. The summed E-state index contributed by atoms with van der Waals surface area (Å²) in [5.74, 6) is 2.59. The Hall–Kier alpha value is -3.12. The highest BCUT2D eigenvalue weighted by atomic mass is 35.5. The minimum atomic E-state index is 0.103. The Balaban J connectivity index is 1.27. The van der Waals surface area contributed by atoms with Gasteiger partial charge in [0, 0.05) is 24.5 Å². The molecule has 1 aliphatic rings. The van der Waals surface area contributed by atoms with Gasteiger partial charge in [0.1, 0.15) is 18.1 Å². The van der Waals surface area contributed by atoms with Gasteiger partial charge in [0.05, 0.1) is 23.1 Å². The molecular weight excluding hydrogens is 424 g/mol. The van der Waals surface area contributed by atoms with Gasteiger partial charge < -0.3 is 13.9 Å². The number of likely N-dealkylation sites (tertiary alicyclic amines) is 1. The third kappa shape index (κ3) is 4.28. The maximum Gasteiger partial charge on any atom is 0.242 e. The molecule has 0 saturated carbocycles. The number of aromatic nitrogens is 3. The number of aryl methyl sites for hydroxylation is 1. The molecule has 0 unspecified atom stereocenters. The van der Waals surface area contributed by atoms with E-state index in [1.165, 1.54) is 0 Å². The third-order valence-electron chi connectivity index (χ3n) is 6.10. The van der Waals surface area contributed by atoms with Crippen molar-refractivity contribution in [2.75, 3.05) is 13.1 Å². The van der Waals surface area contributed by atoms with Crippen LogP contribution in [0.25, 0.3) is 11.0 Å². The lowest BCUT2D eigenvalue weighted by Gasteiger charge is -2.31.